The van der Waals surface area contributed by atoms with Crippen LogP contribution in [0.1, 0.15) is 34.7 Å². The maximum absolute atomic E-state index is 13.4. The molecule has 2 aliphatic rings. The van der Waals surface area contributed by atoms with E-state index in [1.807, 2.05) is 4.90 Å². The average Bonchev–Trinajstić information content (AvgIpc) is 3.38. The predicted molar refractivity (Wildman–Crippen MR) is 101 cm³/mol. The molecule has 2 fully saturated rings. The summed E-state index contributed by atoms with van der Waals surface area (Å²) in [5, 5.41) is 0. The van der Waals surface area contributed by atoms with E-state index < -0.39 is 5.82 Å². The van der Waals surface area contributed by atoms with E-state index in [1.165, 1.54) is 36.4 Å². The van der Waals surface area contributed by atoms with Crippen molar-refractivity contribution in [2.75, 3.05) is 26.2 Å². The minimum atomic E-state index is -0.399. The molecule has 0 saturated carbocycles. The van der Waals surface area contributed by atoms with Gasteiger partial charge < -0.3 is 9.80 Å². The van der Waals surface area contributed by atoms with Gasteiger partial charge in [-0.3, -0.25) is 9.59 Å². The highest BCUT2D eigenvalue weighted by Gasteiger charge is 2.42. The third kappa shape index (κ3) is 3.63. The Labute approximate surface area is 162 Å². The van der Waals surface area contributed by atoms with Crippen LogP contribution in [-0.2, 0) is 4.79 Å². The van der Waals surface area contributed by atoms with E-state index in [2.05, 4.69) is 0 Å². The lowest BCUT2D eigenvalue weighted by atomic mass is 9.88. The van der Waals surface area contributed by atoms with E-state index in [-0.39, 0.29) is 29.5 Å². The zero-order valence-corrected chi connectivity index (χ0v) is 15.5. The van der Waals surface area contributed by atoms with Crippen molar-refractivity contribution in [1.82, 2.24) is 9.80 Å². The minimum absolute atomic E-state index is 0.0567. The molecule has 0 unspecified atom stereocenters. The molecular weight excluding hydrogens is 362 g/mol. The molecule has 0 bridgehead atoms. The Morgan fingerprint density at radius 1 is 0.786 bits per heavy atom. The van der Waals surface area contributed by atoms with E-state index in [0.29, 0.717) is 18.7 Å². The molecular formula is C22H22F2N2O2. The van der Waals surface area contributed by atoms with Crippen molar-refractivity contribution in [2.24, 2.45) is 5.92 Å². The summed E-state index contributed by atoms with van der Waals surface area (Å²) in [5.41, 5.74) is 1.25. The van der Waals surface area contributed by atoms with Gasteiger partial charge in [0.2, 0.25) is 5.91 Å². The molecule has 0 N–H and O–H groups in total. The van der Waals surface area contributed by atoms with Crippen LogP contribution < -0.4 is 0 Å². The zero-order chi connectivity index (χ0) is 19.7. The lowest BCUT2D eigenvalue weighted by Gasteiger charge is -2.24. The highest BCUT2D eigenvalue weighted by molar-refractivity contribution is 5.95. The van der Waals surface area contributed by atoms with Gasteiger partial charge in [0.1, 0.15) is 11.6 Å². The van der Waals surface area contributed by atoms with Crippen LogP contribution in [0, 0.1) is 17.6 Å². The van der Waals surface area contributed by atoms with Gasteiger partial charge in [-0.2, -0.15) is 0 Å². The molecule has 4 rings (SSSR count). The number of halogens is 2. The highest BCUT2D eigenvalue weighted by atomic mass is 19.1. The van der Waals surface area contributed by atoms with Crippen molar-refractivity contribution in [2.45, 2.75) is 18.8 Å². The smallest absolute Gasteiger partial charge is 0.253 e. The van der Waals surface area contributed by atoms with Crippen molar-refractivity contribution in [1.29, 1.82) is 0 Å². The lowest BCUT2D eigenvalue weighted by molar-refractivity contribution is -0.134. The first-order chi connectivity index (χ1) is 13.5. The third-order valence-corrected chi connectivity index (χ3v) is 5.73. The third-order valence-electron chi connectivity index (χ3n) is 5.73. The summed E-state index contributed by atoms with van der Waals surface area (Å²) < 4.78 is 26.5. The van der Waals surface area contributed by atoms with E-state index >= 15 is 0 Å². The molecule has 2 heterocycles. The van der Waals surface area contributed by atoms with Crippen molar-refractivity contribution in [3.05, 3.63) is 71.3 Å². The molecule has 4 nitrogen and oxygen atoms in total. The molecule has 0 aliphatic carbocycles. The molecule has 2 aromatic rings. The number of carbonyl (C=O) groups is 2. The summed E-state index contributed by atoms with van der Waals surface area (Å²) in [4.78, 5) is 29.5. The van der Waals surface area contributed by atoms with Gasteiger partial charge in [-0.1, -0.05) is 12.1 Å². The minimum Gasteiger partial charge on any atom is -0.342 e. The first-order valence-electron chi connectivity index (χ1n) is 9.62. The van der Waals surface area contributed by atoms with Gasteiger partial charge in [0, 0.05) is 37.7 Å². The number of hydrogen-bond donors (Lipinski definition) is 0. The number of amides is 2. The molecule has 2 aromatic carbocycles. The number of hydrogen-bond acceptors (Lipinski definition) is 2. The van der Waals surface area contributed by atoms with Crippen LogP contribution in [0.15, 0.2) is 48.5 Å². The van der Waals surface area contributed by atoms with Gasteiger partial charge >= 0.3 is 0 Å². The quantitative estimate of drug-likeness (QED) is 0.813. The standard InChI is InChI=1S/C22H22F2N2O2/c23-17-7-3-15(4-8-17)19-13-26(21(27)16-5-9-18(24)10-6-16)14-20(19)22(28)25-11-1-2-12-25/h3-10,19-20H,1-2,11-14H2/t19-,20+/m1/s1. The van der Waals surface area contributed by atoms with Crippen LogP contribution in [0.5, 0.6) is 0 Å². The van der Waals surface area contributed by atoms with E-state index in [1.54, 1.807) is 17.0 Å². The molecule has 0 radical (unpaired) electrons. The molecule has 0 aromatic heterocycles. The summed E-state index contributed by atoms with van der Waals surface area (Å²) in [7, 11) is 0. The fraction of sp³-hybridized carbons (Fsp3) is 0.364. The Morgan fingerprint density at radius 3 is 1.96 bits per heavy atom. The number of rotatable bonds is 3. The SMILES string of the molecule is O=C(c1ccc(F)cc1)N1C[C@H](C(=O)N2CCCC2)[C@@H](c2ccc(F)cc2)C1. The second-order valence-corrected chi connectivity index (χ2v) is 7.51. The van der Waals surface area contributed by atoms with Gasteiger partial charge in [-0.05, 0) is 54.8 Å². The molecule has 2 amide bonds. The second-order valence-electron chi connectivity index (χ2n) is 7.51. The van der Waals surface area contributed by atoms with E-state index in [9.17, 15) is 18.4 Å². The maximum atomic E-state index is 13.4. The molecule has 6 heteroatoms. The first kappa shape index (κ1) is 18.6. The average molecular weight is 384 g/mol. The van der Waals surface area contributed by atoms with Crippen LogP contribution in [0.3, 0.4) is 0 Å². The molecule has 0 spiro atoms. The first-order valence-corrected chi connectivity index (χ1v) is 9.62. The molecule has 146 valence electrons. The summed E-state index contributed by atoms with van der Waals surface area (Å²) in [6, 6.07) is 11.6. The van der Waals surface area contributed by atoms with Crippen LogP contribution in [0.2, 0.25) is 0 Å². The lowest BCUT2D eigenvalue weighted by Crippen LogP contribution is -2.37. The van der Waals surface area contributed by atoms with Crippen molar-refractivity contribution >= 4 is 11.8 Å². The molecule has 2 atom stereocenters. The highest BCUT2D eigenvalue weighted by Crippen LogP contribution is 2.35. The fourth-order valence-corrected chi connectivity index (χ4v) is 4.21. The van der Waals surface area contributed by atoms with Gasteiger partial charge in [-0.25, -0.2) is 8.78 Å². The number of nitrogens with zero attached hydrogens (tertiary/aromatic N) is 2. The number of likely N-dealkylation sites (tertiary alicyclic amines) is 2. The number of benzene rings is 2. The fourth-order valence-electron chi connectivity index (χ4n) is 4.21. The van der Waals surface area contributed by atoms with Crippen molar-refractivity contribution in [3.63, 3.8) is 0 Å². The number of carbonyl (C=O) groups excluding carboxylic acids is 2. The summed E-state index contributed by atoms with van der Waals surface area (Å²) in [6.45, 7) is 2.19. The summed E-state index contributed by atoms with van der Waals surface area (Å²) in [5.74, 6) is -1.43. The topological polar surface area (TPSA) is 40.6 Å². The Morgan fingerprint density at radius 2 is 1.36 bits per heavy atom. The Hall–Kier alpha value is -2.76. The van der Waals surface area contributed by atoms with Gasteiger partial charge in [-0.15, -0.1) is 0 Å². The second kappa shape index (κ2) is 7.70. The zero-order valence-electron chi connectivity index (χ0n) is 15.5. The molecule has 2 aliphatic heterocycles. The summed E-state index contributed by atoms with van der Waals surface area (Å²) >= 11 is 0. The largest absolute Gasteiger partial charge is 0.342 e. The van der Waals surface area contributed by atoms with Gasteiger partial charge in [0.15, 0.2) is 0 Å². The summed E-state index contributed by atoms with van der Waals surface area (Å²) in [6.07, 6.45) is 2.00. The Kier molecular flexibility index (Phi) is 5.11. The van der Waals surface area contributed by atoms with Crippen LogP contribution in [-0.4, -0.2) is 47.8 Å². The van der Waals surface area contributed by atoms with Crippen LogP contribution in [0.4, 0.5) is 8.78 Å². The molecule has 2 saturated heterocycles. The monoisotopic (exact) mass is 384 g/mol. The van der Waals surface area contributed by atoms with Crippen molar-refractivity contribution < 1.29 is 18.4 Å². The van der Waals surface area contributed by atoms with Gasteiger partial charge in [0.25, 0.3) is 5.91 Å². The van der Waals surface area contributed by atoms with E-state index in [0.717, 1.165) is 31.5 Å². The predicted octanol–water partition coefficient (Wildman–Crippen LogP) is 3.44. The molecule has 28 heavy (non-hydrogen) atoms. The Balaban J connectivity index is 1.60. The van der Waals surface area contributed by atoms with Crippen LogP contribution >= 0.6 is 0 Å². The van der Waals surface area contributed by atoms with Crippen molar-refractivity contribution in [3.8, 4) is 0 Å². The Bertz CT molecular complexity index is 861. The maximum Gasteiger partial charge on any atom is 0.253 e. The van der Waals surface area contributed by atoms with Crippen LogP contribution in [0.25, 0.3) is 0 Å². The van der Waals surface area contributed by atoms with E-state index in [4.69, 9.17) is 0 Å². The van der Waals surface area contributed by atoms with Gasteiger partial charge in [0.05, 0.1) is 5.92 Å². The normalized spacial score (nSPS) is 21.9.